The molecule has 0 saturated carbocycles. The molecule has 0 aliphatic heterocycles. The van der Waals surface area contributed by atoms with Gasteiger partial charge in [-0.1, -0.05) is 23.7 Å². The van der Waals surface area contributed by atoms with Gasteiger partial charge in [-0.05, 0) is 12.1 Å². The first-order valence-electron chi connectivity index (χ1n) is 4.32. The first-order valence-corrected chi connectivity index (χ1v) is 4.70. The standard InChI is InChI=1S/C10H13ClN2O/c1-13(7-8(14)6-12)10-5-3-2-4-9(10)11/h2-5H,6-7,12H2,1H3. The Morgan fingerprint density at radius 3 is 2.71 bits per heavy atom. The monoisotopic (exact) mass is 212 g/mol. The molecular weight excluding hydrogens is 200 g/mol. The molecule has 0 radical (unpaired) electrons. The van der Waals surface area contributed by atoms with E-state index in [-0.39, 0.29) is 12.3 Å². The van der Waals surface area contributed by atoms with Gasteiger partial charge in [0.25, 0.3) is 0 Å². The zero-order chi connectivity index (χ0) is 10.6. The zero-order valence-electron chi connectivity index (χ0n) is 8.03. The molecule has 14 heavy (non-hydrogen) atoms. The fourth-order valence-electron chi connectivity index (χ4n) is 1.18. The summed E-state index contributed by atoms with van der Waals surface area (Å²) in [5.41, 5.74) is 6.07. The van der Waals surface area contributed by atoms with E-state index in [2.05, 4.69) is 0 Å². The summed E-state index contributed by atoms with van der Waals surface area (Å²) in [4.78, 5) is 12.9. The highest BCUT2D eigenvalue weighted by Crippen LogP contribution is 2.23. The highest BCUT2D eigenvalue weighted by molar-refractivity contribution is 6.33. The van der Waals surface area contributed by atoms with Gasteiger partial charge in [-0.25, -0.2) is 0 Å². The van der Waals surface area contributed by atoms with Crippen molar-refractivity contribution in [1.29, 1.82) is 0 Å². The molecule has 0 amide bonds. The van der Waals surface area contributed by atoms with Gasteiger partial charge in [-0.15, -0.1) is 0 Å². The van der Waals surface area contributed by atoms with Crippen molar-refractivity contribution >= 4 is 23.1 Å². The SMILES string of the molecule is CN(CC(=O)CN)c1ccccc1Cl. The highest BCUT2D eigenvalue weighted by Gasteiger charge is 2.08. The number of para-hydroxylation sites is 1. The fourth-order valence-corrected chi connectivity index (χ4v) is 1.46. The van der Waals surface area contributed by atoms with Crippen molar-refractivity contribution in [3.8, 4) is 0 Å². The van der Waals surface area contributed by atoms with Crippen LogP contribution in [0.1, 0.15) is 0 Å². The summed E-state index contributed by atoms with van der Waals surface area (Å²) in [6.07, 6.45) is 0. The molecule has 0 aromatic heterocycles. The minimum Gasteiger partial charge on any atom is -0.366 e. The largest absolute Gasteiger partial charge is 0.366 e. The molecule has 1 aromatic carbocycles. The van der Waals surface area contributed by atoms with Crippen LogP contribution in [-0.4, -0.2) is 25.9 Å². The number of hydrogen-bond acceptors (Lipinski definition) is 3. The number of ketones is 1. The van der Waals surface area contributed by atoms with Crippen molar-refractivity contribution in [2.24, 2.45) is 5.73 Å². The summed E-state index contributed by atoms with van der Waals surface area (Å²) in [6, 6.07) is 7.39. The Hall–Kier alpha value is -1.06. The van der Waals surface area contributed by atoms with Crippen LogP contribution in [0.5, 0.6) is 0 Å². The van der Waals surface area contributed by atoms with Crippen LogP contribution in [0.15, 0.2) is 24.3 Å². The van der Waals surface area contributed by atoms with E-state index in [1.165, 1.54) is 0 Å². The summed E-state index contributed by atoms with van der Waals surface area (Å²) >= 11 is 5.96. The Morgan fingerprint density at radius 1 is 1.50 bits per heavy atom. The lowest BCUT2D eigenvalue weighted by Crippen LogP contribution is -2.30. The Kier molecular flexibility index (Phi) is 3.92. The van der Waals surface area contributed by atoms with Gasteiger partial charge in [-0.2, -0.15) is 0 Å². The van der Waals surface area contributed by atoms with Crippen molar-refractivity contribution in [1.82, 2.24) is 0 Å². The average Bonchev–Trinajstić information content (AvgIpc) is 2.18. The van der Waals surface area contributed by atoms with E-state index in [1.807, 2.05) is 25.2 Å². The number of likely N-dealkylation sites (N-methyl/N-ethyl adjacent to an activating group) is 1. The van der Waals surface area contributed by atoms with E-state index in [0.29, 0.717) is 11.6 Å². The Bertz CT molecular complexity index is 328. The molecule has 0 fully saturated rings. The number of Topliss-reactive ketones (excluding diaryl/α,β-unsaturated/α-hetero) is 1. The third-order valence-corrected chi connectivity index (χ3v) is 2.22. The zero-order valence-corrected chi connectivity index (χ0v) is 8.79. The van der Waals surface area contributed by atoms with Gasteiger partial charge in [0.05, 0.1) is 23.8 Å². The third kappa shape index (κ3) is 2.72. The lowest BCUT2D eigenvalue weighted by molar-refractivity contribution is -0.116. The molecule has 0 spiro atoms. The van der Waals surface area contributed by atoms with Crippen LogP contribution in [0.25, 0.3) is 0 Å². The first kappa shape index (κ1) is 11.0. The summed E-state index contributed by atoms with van der Waals surface area (Å²) in [6.45, 7) is 0.356. The number of anilines is 1. The molecule has 0 unspecified atom stereocenters. The van der Waals surface area contributed by atoms with Gasteiger partial charge in [-0.3, -0.25) is 4.79 Å². The molecule has 0 aliphatic carbocycles. The molecule has 0 heterocycles. The van der Waals surface area contributed by atoms with Crippen LogP contribution in [0.4, 0.5) is 5.69 Å². The van der Waals surface area contributed by atoms with Gasteiger partial charge in [0.1, 0.15) is 0 Å². The van der Waals surface area contributed by atoms with Gasteiger partial charge in [0.2, 0.25) is 0 Å². The van der Waals surface area contributed by atoms with E-state index in [4.69, 9.17) is 17.3 Å². The number of halogens is 1. The second-order valence-electron chi connectivity index (χ2n) is 3.05. The van der Waals surface area contributed by atoms with E-state index in [9.17, 15) is 4.79 Å². The predicted octanol–water partition coefficient (Wildman–Crippen LogP) is 1.30. The number of hydrogen-bond donors (Lipinski definition) is 1. The molecule has 76 valence electrons. The molecule has 1 aromatic rings. The summed E-state index contributed by atoms with van der Waals surface area (Å²) in [7, 11) is 1.81. The molecule has 1 rings (SSSR count). The quantitative estimate of drug-likeness (QED) is 0.819. The molecule has 3 nitrogen and oxygen atoms in total. The summed E-state index contributed by atoms with van der Waals surface area (Å²) in [5, 5.41) is 0.639. The summed E-state index contributed by atoms with van der Waals surface area (Å²) < 4.78 is 0. The van der Waals surface area contributed by atoms with Gasteiger partial charge in [0.15, 0.2) is 5.78 Å². The molecular formula is C10H13ClN2O. The predicted molar refractivity (Wildman–Crippen MR) is 58.8 cm³/mol. The molecule has 4 heteroatoms. The summed E-state index contributed by atoms with van der Waals surface area (Å²) in [5.74, 6) is -0.00702. The number of nitrogens with two attached hydrogens (primary N) is 1. The second kappa shape index (κ2) is 4.98. The normalized spacial score (nSPS) is 9.93. The van der Waals surface area contributed by atoms with Gasteiger partial charge >= 0.3 is 0 Å². The van der Waals surface area contributed by atoms with E-state index in [1.54, 1.807) is 11.0 Å². The highest BCUT2D eigenvalue weighted by atomic mass is 35.5. The molecule has 0 atom stereocenters. The Labute approximate surface area is 88.5 Å². The third-order valence-electron chi connectivity index (χ3n) is 1.90. The smallest absolute Gasteiger partial charge is 0.165 e. The van der Waals surface area contributed by atoms with Crippen LogP contribution < -0.4 is 10.6 Å². The lowest BCUT2D eigenvalue weighted by Gasteiger charge is -2.19. The average molecular weight is 213 g/mol. The molecule has 2 N–H and O–H groups in total. The van der Waals surface area contributed by atoms with Crippen molar-refractivity contribution in [3.05, 3.63) is 29.3 Å². The van der Waals surface area contributed by atoms with E-state index >= 15 is 0 Å². The van der Waals surface area contributed by atoms with Gasteiger partial charge in [0, 0.05) is 7.05 Å². The number of carbonyl (C=O) groups is 1. The van der Waals surface area contributed by atoms with Gasteiger partial charge < -0.3 is 10.6 Å². The first-order chi connectivity index (χ1) is 6.65. The Morgan fingerprint density at radius 2 is 2.14 bits per heavy atom. The van der Waals surface area contributed by atoms with Crippen molar-refractivity contribution in [3.63, 3.8) is 0 Å². The lowest BCUT2D eigenvalue weighted by atomic mass is 10.2. The molecule has 0 bridgehead atoms. The maximum absolute atomic E-state index is 11.1. The number of carbonyl (C=O) groups excluding carboxylic acids is 1. The molecule has 0 saturated heterocycles. The maximum Gasteiger partial charge on any atom is 0.165 e. The van der Waals surface area contributed by atoms with Crippen LogP contribution in [-0.2, 0) is 4.79 Å². The minimum absolute atomic E-state index is 0.00702. The van der Waals surface area contributed by atoms with Crippen LogP contribution in [0.2, 0.25) is 5.02 Å². The van der Waals surface area contributed by atoms with Crippen molar-refractivity contribution in [2.75, 3.05) is 25.0 Å². The van der Waals surface area contributed by atoms with Crippen molar-refractivity contribution < 1.29 is 4.79 Å². The number of benzene rings is 1. The minimum atomic E-state index is -0.00702. The Balaban J connectivity index is 2.74. The van der Waals surface area contributed by atoms with Crippen molar-refractivity contribution in [2.45, 2.75) is 0 Å². The van der Waals surface area contributed by atoms with Crippen LogP contribution in [0.3, 0.4) is 0 Å². The molecule has 0 aliphatic rings. The topological polar surface area (TPSA) is 46.3 Å². The van der Waals surface area contributed by atoms with Crippen LogP contribution in [0, 0.1) is 0 Å². The fraction of sp³-hybridized carbons (Fsp3) is 0.300. The number of nitrogens with zero attached hydrogens (tertiary/aromatic N) is 1. The second-order valence-corrected chi connectivity index (χ2v) is 3.46. The maximum atomic E-state index is 11.1. The number of rotatable bonds is 4. The van der Waals surface area contributed by atoms with E-state index < -0.39 is 0 Å². The van der Waals surface area contributed by atoms with E-state index in [0.717, 1.165) is 5.69 Å². The van der Waals surface area contributed by atoms with Crippen LogP contribution >= 0.6 is 11.6 Å².